The van der Waals surface area contributed by atoms with Crippen LogP contribution in [-0.2, 0) is 23.7 Å². The maximum absolute atomic E-state index is 12.1. The average molecular weight is 442 g/mol. The number of ether oxygens (including phenoxy) is 4. The first-order valence-electron chi connectivity index (χ1n) is 11.1. The molecule has 1 aliphatic carbocycles. The van der Waals surface area contributed by atoms with Crippen LogP contribution in [0.1, 0.15) is 36.8 Å². The first kappa shape index (κ1) is 23.8. The second-order valence-corrected chi connectivity index (χ2v) is 7.39. The topological polar surface area (TPSA) is 83.1 Å². The summed E-state index contributed by atoms with van der Waals surface area (Å²) in [7, 11) is 0. The van der Waals surface area contributed by atoms with Crippen LogP contribution in [0.2, 0.25) is 0 Å². The van der Waals surface area contributed by atoms with Crippen LogP contribution in [-0.4, -0.2) is 58.2 Å². The molecule has 7 heteroatoms. The summed E-state index contributed by atoms with van der Waals surface area (Å²) in [5.41, 5.74) is 4.80. The third kappa shape index (κ3) is 6.80. The van der Waals surface area contributed by atoms with Gasteiger partial charge >= 0.3 is 12.1 Å². The molecule has 1 N–H and O–H groups in total. The molecule has 1 amide bonds. The highest BCUT2D eigenvalue weighted by atomic mass is 16.6. The fourth-order valence-electron chi connectivity index (χ4n) is 3.72. The van der Waals surface area contributed by atoms with Crippen LogP contribution in [0.25, 0.3) is 11.1 Å². The number of fused-ring (bicyclic) bond motifs is 3. The Balaban J connectivity index is 1.26. The van der Waals surface area contributed by atoms with E-state index in [0.717, 1.165) is 0 Å². The Hall–Kier alpha value is -2.90. The molecule has 0 saturated carbocycles. The van der Waals surface area contributed by atoms with Gasteiger partial charge < -0.3 is 24.3 Å². The van der Waals surface area contributed by atoms with Crippen LogP contribution in [0.5, 0.6) is 0 Å². The van der Waals surface area contributed by atoms with Crippen LogP contribution < -0.4 is 5.32 Å². The molecule has 7 nitrogen and oxygen atoms in total. The van der Waals surface area contributed by atoms with Gasteiger partial charge in [-0.3, -0.25) is 4.79 Å². The summed E-state index contributed by atoms with van der Waals surface area (Å²) in [6, 6.07) is 16.5. The molecule has 2 aromatic carbocycles. The number of esters is 1. The van der Waals surface area contributed by atoms with Gasteiger partial charge in [0.05, 0.1) is 32.8 Å². The van der Waals surface area contributed by atoms with Gasteiger partial charge in [-0.1, -0.05) is 48.5 Å². The van der Waals surface area contributed by atoms with E-state index in [0.29, 0.717) is 52.6 Å². The van der Waals surface area contributed by atoms with E-state index < -0.39 is 6.09 Å². The number of alkyl carbamates (subject to hydrolysis) is 1. The third-order valence-electron chi connectivity index (χ3n) is 5.21. The summed E-state index contributed by atoms with van der Waals surface area (Å²) in [6.07, 6.45) is 0.499. The van der Waals surface area contributed by atoms with Gasteiger partial charge in [0.25, 0.3) is 0 Å². The van der Waals surface area contributed by atoms with Crippen molar-refractivity contribution < 1.29 is 28.5 Å². The maximum atomic E-state index is 12.1. The molecule has 0 spiro atoms. The van der Waals surface area contributed by atoms with E-state index in [1.165, 1.54) is 22.3 Å². The van der Waals surface area contributed by atoms with E-state index in [9.17, 15) is 9.59 Å². The van der Waals surface area contributed by atoms with Crippen molar-refractivity contribution in [1.82, 2.24) is 5.32 Å². The quantitative estimate of drug-likeness (QED) is 0.375. The summed E-state index contributed by atoms with van der Waals surface area (Å²) in [4.78, 5) is 23.3. The van der Waals surface area contributed by atoms with Crippen LogP contribution >= 0.6 is 0 Å². The number of benzene rings is 2. The molecule has 0 atom stereocenters. The Morgan fingerprint density at radius 2 is 1.47 bits per heavy atom. The zero-order chi connectivity index (χ0) is 22.6. The second-order valence-electron chi connectivity index (χ2n) is 7.39. The monoisotopic (exact) mass is 441 g/mol. The molecule has 3 rings (SSSR count). The summed E-state index contributed by atoms with van der Waals surface area (Å²) < 4.78 is 21.1. The van der Waals surface area contributed by atoms with E-state index in [2.05, 4.69) is 29.6 Å². The highest BCUT2D eigenvalue weighted by Gasteiger charge is 2.28. The predicted molar refractivity (Wildman–Crippen MR) is 121 cm³/mol. The van der Waals surface area contributed by atoms with Gasteiger partial charge in [-0.2, -0.15) is 0 Å². The number of rotatable bonds is 13. The van der Waals surface area contributed by atoms with Crippen molar-refractivity contribution in [2.24, 2.45) is 0 Å². The van der Waals surface area contributed by atoms with Gasteiger partial charge in [0.15, 0.2) is 0 Å². The second kappa shape index (κ2) is 12.8. The lowest BCUT2D eigenvalue weighted by molar-refractivity contribution is -0.144. The van der Waals surface area contributed by atoms with Crippen molar-refractivity contribution in [2.75, 3.05) is 46.2 Å². The summed E-state index contributed by atoms with van der Waals surface area (Å²) in [6.45, 7) is 4.62. The first-order chi connectivity index (χ1) is 15.7. The van der Waals surface area contributed by atoms with Gasteiger partial charge in [0.2, 0.25) is 0 Å². The van der Waals surface area contributed by atoms with Crippen LogP contribution in [0, 0.1) is 0 Å². The molecule has 172 valence electrons. The SMILES string of the molecule is CCOC(=O)CCOCCOCCCNC(=O)OCC1c2ccccc2-c2ccccc21. The Labute approximate surface area is 189 Å². The summed E-state index contributed by atoms with van der Waals surface area (Å²) in [5.74, 6) is -0.201. The van der Waals surface area contributed by atoms with E-state index in [1.807, 2.05) is 24.3 Å². The fourth-order valence-corrected chi connectivity index (χ4v) is 3.72. The molecule has 0 unspecified atom stereocenters. The lowest BCUT2D eigenvalue weighted by Crippen LogP contribution is -2.27. The molecule has 32 heavy (non-hydrogen) atoms. The van der Waals surface area contributed by atoms with Gasteiger partial charge in [-0.15, -0.1) is 0 Å². The first-order valence-corrected chi connectivity index (χ1v) is 11.1. The van der Waals surface area contributed by atoms with E-state index in [1.54, 1.807) is 6.92 Å². The molecule has 0 aliphatic heterocycles. The van der Waals surface area contributed by atoms with Crippen molar-refractivity contribution in [1.29, 1.82) is 0 Å². The van der Waals surface area contributed by atoms with E-state index in [4.69, 9.17) is 18.9 Å². The normalized spacial score (nSPS) is 12.2. The summed E-state index contributed by atoms with van der Waals surface area (Å²) in [5, 5.41) is 2.77. The zero-order valence-electron chi connectivity index (χ0n) is 18.5. The van der Waals surface area contributed by atoms with Gasteiger partial charge in [-0.05, 0) is 35.6 Å². The minimum absolute atomic E-state index is 0.0558. The van der Waals surface area contributed by atoms with Crippen molar-refractivity contribution in [3.05, 3.63) is 59.7 Å². The summed E-state index contributed by atoms with van der Waals surface area (Å²) >= 11 is 0. The predicted octanol–water partition coefficient (Wildman–Crippen LogP) is 3.90. The lowest BCUT2D eigenvalue weighted by atomic mass is 9.98. The highest BCUT2D eigenvalue weighted by Crippen LogP contribution is 2.44. The average Bonchev–Trinajstić information content (AvgIpc) is 3.13. The van der Waals surface area contributed by atoms with Gasteiger partial charge in [0, 0.05) is 19.1 Å². The maximum Gasteiger partial charge on any atom is 0.407 e. The third-order valence-corrected chi connectivity index (χ3v) is 5.21. The molecule has 0 aromatic heterocycles. The fraction of sp³-hybridized carbons (Fsp3) is 0.440. The highest BCUT2D eigenvalue weighted by molar-refractivity contribution is 5.79. The molecule has 0 fully saturated rings. The molecule has 0 radical (unpaired) electrons. The number of amides is 1. The molecule has 0 saturated heterocycles. The van der Waals surface area contributed by atoms with Crippen LogP contribution in [0.3, 0.4) is 0 Å². The Kier molecular flexibility index (Phi) is 9.53. The number of nitrogens with one attached hydrogen (secondary N) is 1. The number of hydrogen-bond donors (Lipinski definition) is 1. The van der Waals surface area contributed by atoms with Crippen molar-refractivity contribution >= 4 is 12.1 Å². The molecule has 1 aliphatic rings. The van der Waals surface area contributed by atoms with Gasteiger partial charge in [0.1, 0.15) is 6.61 Å². The molecule has 0 heterocycles. The standard InChI is InChI=1S/C25H31NO6/c1-2-31-24(27)12-15-30-17-16-29-14-7-13-26-25(28)32-18-23-21-10-5-3-8-19(21)20-9-4-6-11-22(20)23/h3-6,8-11,23H,2,7,12-18H2,1H3,(H,26,28). The van der Waals surface area contributed by atoms with Crippen molar-refractivity contribution in [2.45, 2.75) is 25.7 Å². The number of hydrogen-bond acceptors (Lipinski definition) is 6. The Morgan fingerprint density at radius 1 is 0.844 bits per heavy atom. The Bertz CT molecular complexity index is 839. The molecular formula is C25H31NO6. The zero-order valence-corrected chi connectivity index (χ0v) is 18.5. The smallest absolute Gasteiger partial charge is 0.407 e. The lowest BCUT2D eigenvalue weighted by Gasteiger charge is -2.14. The van der Waals surface area contributed by atoms with Gasteiger partial charge in [-0.25, -0.2) is 4.79 Å². The van der Waals surface area contributed by atoms with Crippen LogP contribution in [0.4, 0.5) is 4.79 Å². The largest absolute Gasteiger partial charge is 0.466 e. The number of carbonyl (C=O) groups excluding carboxylic acids is 2. The molecule has 0 bridgehead atoms. The van der Waals surface area contributed by atoms with E-state index >= 15 is 0 Å². The van der Waals surface area contributed by atoms with Crippen molar-refractivity contribution in [3.8, 4) is 11.1 Å². The molecule has 2 aromatic rings. The minimum Gasteiger partial charge on any atom is -0.466 e. The minimum atomic E-state index is -0.422. The number of carbonyl (C=O) groups is 2. The molecular weight excluding hydrogens is 410 g/mol. The van der Waals surface area contributed by atoms with E-state index in [-0.39, 0.29) is 18.3 Å². The Morgan fingerprint density at radius 3 is 2.12 bits per heavy atom. The van der Waals surface area contributed by atoms with Crippen molar-refractivity contribution in [3.63, 3.8) is 0 Å². The van der Waals surface area contributed by atoms with Crippen LogP contribution in [0.15, 0.2) is 48.5 Å².